The zero-order valence-corrected chi connectivity index (χ0v) is 19.4. The number of aromatic nitrogens is 3. The monoisotopic (exact) mass is 493 g/mol. The molecule has 0 fully saturated rings. The Hall–Kier alpha value is -1.87. The second-order valence-electron chi connectivity index (χ2n) is 6.64. The fourth-order valence-electron chi connectivity index (χ4n) is 2.57. The quantitative estimate of drug-likeness (QED) is 0.466. The standard InChI is InChI=1S/C20H21BrClN5OS/c1-13(26(2)3)19-24-25-20(27(19)17-10-6-15(22)7-11-17)29-12-18(28)23-16-8-4-14(21)5-9-16/h4-11,13H,12H2,1-3H3,(H,23,28). The van der Waals surface area contributed by atoms with Crippen molar-refractivity contribution < 1.29 is 4.79 Å². The van der Waals surface area contributed by atoms with Crippen LogP contribution in [0.4, 0.5) is 5.69 Å². The summed E-state index contributed by atoms with van der Waals surface area (Å²) in [5, 5.41) is 12.9. The zero-order chi connectivity index (χ0) is 21.0. The molecule has 0 saturated heterocycles. The van der Waals surface area contributed by atoms with E-state index >= 15 is 0 Å². The Kier molecular flexibility index (Phi) is 7.34. The van der Waals surface area contributed by atoms with Crippen LogP contribution in [0, 0.1) is 0 Å². The zero-order valence-electron chi connectivity index (χ0n) is 16.3. The molecule has 3 aromatic rings. The van der Waals surface area contributed by atoms with E-state index in [9.17, 15) is 4.79 Å². The molecule has 1 atom stereocenters. The largest absolute Gasteiger partial charge is 0.325 e. The van der Waals surface area contributed by atoms with Crippen LogP contribution in [0.5, 0.6) is 0 Å². The average Bonchev–Trinajstić information content (AvgIpc) is 3.12. The lowest BCUT2D eigenvalue weighted by Gasteiger charge is -2.20. The fraction of sp³-hybridized carbons (Fsp3) is 0.250. The fourth-order valence-corrected chi connectivity index (χ4v) is 3.72. The molecular weight excluding hydrogens is 474 g/mol. The highest BCUT2D eigenvalue weighted by Gasteiger charge is 2.21. The topological polar surface area (TPSA) is 63.1 Å². The van der Waals surface area contributed by atoms with Crippen molar-refractivity contribution in [2.24, 2.45) is 0 Å². The molecule has 29 heavy (non-hydrogen) atoms. The van der Waals surface area contributed by atoms with Crippen LogP contribution < -0.4 is 5.32 Å². The van der Waals surface area contributed by atoms with Gasteiger partial charge >= 0.3 is 0 Å². The number of halogens is 2. The molecule has 0 saturated carbocycles. The van der Waals surface area contributed by atoms with E-state index in [1.165, 1.54) is 11.8 Å². The van der Waals surface area contributed by atoms with Gasteiger partial charge in [0, 0.05) is 20.9 Å². The van der Waals surface area contributed by atoms with Crippen LogP contribution in [0.3, 0.4) is 0 Å². The third-order valence-electron chi connectivity index (χ3n) is 4.35. The lowest BCUT2D eigenvalue weighted by Crippen LogP contribution is -2.21. The molecule has 1 heterocycles. The van der Waals surface area contributed by atoms with Crippen molar-refractivity contribution >= 4 is 50.9 Å². The molecule has 6 nitrogen and oxygen atoms in total. The Balaban J connectivity index is 1.80. The number of amides is 1. The van der Waals surface area contributed by atoms with Crippen molar-refractivity contribution in [1.29, 1.82) is 0 Å². The van der Waals surface area contributed by atoms with Gasteiger partial charge in [0.2, 0.25) is 5.91 Å². The molecule has 0 spiro atoms. The number of hydrogen-bond donors (Lipinski definition) is 1. The summed E-state index contributed by atoms with van der Waals surface area (Å²) >= 11 is 10.8. The van der Waals surface area contributed by atoms with Gasteiger partial charge in [-0.05, 0) is 69.6 Å². The lowest BCUT2D eigenvalue weighted by molar-refractivity contribution is -0.113. The number of hydrogen-bond acceptors (Lipinski definition) is 5. The second kappa shape index (κ2) is 9.75. The normalized spacial score (nSPS) is 12.2. The van der Waals surface area contributed by atoms with E-state index in [0.717, 1.165) is 21.7 Å². The number of carbonyl (C=O) groups is 1. The van der Waals surface area contributed by atoms with Gasteiger partial charge in [0.15, 0.2) is 11.0 Å². The molecule has 0 bridgehead atoms. The predicted molar refractivity (Wildman–Crippen MR) is 122 cm³/mol. The van der Waals surface area contributed by atoms with Gasteiger partial charge in [-0.2, -0.15) is 0 Å². The van der Waals surface area contributed by atoms with Gasteiger partial charge in [-0.3, -0.25) is 14.3 Å². The Labute approximate surface area is 187 Å². The van der Waals surface area contributed by atoms with E-state index < -0.39 is 0 Å². The summed E-state index contributed by atoms with van der Waals surface area (Å²) in [7, 11) is 3.98. The number of benzene rings is 2. The van der Waals surface area contributed by atoms with Gasteiger partial charge in [0.05, 0.1) is 11.8 Å². The van der Waals surface area contributed by atoms with E-state index in [0.29, 0.717) is 10.2 Å². The van der Waals surface area contributed by atoms with Crippen molar-refractivity contribution in [3.05, 3.63) is 63.9 Å². The first-order valence-electron chi connectivity index (χ1n) is 8.91. The summed E-state index contributed by atoms with van der Waals surface area (Å²) in [5.41, 5.74) is 1.65. The first kappa shape index (κ1) is 21.8. The van der Waals surface area contributed by atoms with Gasteiger partial charge in [0.25, 0.3) is 0 Å². The third-order valence-corrected chi connectivity index (χ3v) is 6.06. The van der Waals surface area contributed by atoms with Gasteiger partial charge in [-0.25, -0.2) is 0 Å². The van der Waals surface area contributed by atoms with E-state index in [1.807, 2.05) is 67.2 Å². The van der Waals surface area contributed by atoms with E-state index in [-0.39, 0.29) is 17.7 Å². The highest BCUT2D eigenvalue weighted by atomic mass is 79.9. The second-order valence-corrected chi connectivity index (χ2v) is 8.93. The maximum atomic E-state index is 12.4. The van der Waals surface area contributed by atoms with Gasteiger partial charge in [-0.15, -0.1) is 10.2 Å². The Morgan fingerprint density at radius 2 is 1.83 bits per heavy atom. The van der Waals surface area contributed by atoms with E-state index in [2.05, 4.69) is 43.3 Å². The molecule has 152 valence electrons. The Morgan fingerprint density at radius 1 is 1.17 bits per heavy atom. The molecule has 0 radical (unpaired) electrons. The highest BCUT2D eigenvalue weighted by molar-refractivity contribution is 9.10. The molecule has 3 rings (SSSR count). The summed E-state index contributed by atoms with van der Waals surface area (Å²) in [6.07, 6.45) is 0. The maximum Gasteiger partial charge on any atom is 0.234 e. The lowest BCUT2D eigenvalue weighted by atomic mass is 10.2. The number of carbonyl (C=O) groups excluding carboxylic acids is 1. The molecule has 1 N–H and O–H groups in total. The van der Waals surface area contributed by atoms with Crippen LogP contribution in [0.15, 0.2) is 58.2 Å². The van der Waals surface area contributed by atoms with Crippen molar-refractivity contribution in [2.45, 2.75) is 18.1 Å². The van der Waals surface area contributed by atoms with E-state index in [4.69, 9.17) is 11.6 Å². The number of rotatable bonds is 7. The predicted octanol–water partition coefficient (Wildman–Crippen LogP) is 5.04. The van der Waals surface area contributed by atoms with Crippen molar-refractivity contribution in [2.75, 3.05) is 25.2 Å². The molecular formula is C20H21BrClN5OS. The van der Waals surface area contributed by atoms with Gasteiger partial charge in [-0.1, -0.05) is 39.3 Å². The molecule has 1 amide bonds. The summed E-state index contributed by atoms with van der Waals surface area (Å²) in [6, 6.07) is 15.0. The Morgan fingerprint density at radius 3 is 2.45 bits per heavy atom. The van der Waals surface area contributed by atoms with Crippen LogP contribution in [0.1, 0.15) is 18.8 Å². The summed E-state index contributed by atoms with van der Waals surface area (Å²) in [5.74, 6) is 0.913. The molecule has 1 aromatic heterocycles. The summed E-state index contributed by atoms with van der Waals surface area (Å²) in [4.78, 5) is 14.4. The van der Waals surface area contributed by atoms with E-state index in [1.54, 1.807) is 0 Å². The minimum atomic E-state index is -0.106. The first-order valence-corrected chi connectivity index (χ1v) is 11.1. The third kappa shape index (κ3) is 5.60. The summed E-state index contributed by atoms with van der Waals surface area (Å²) < 4.78 is 2.93. The van der Waals surface area contributed by atoms with Crippen molar-refractivity contribution in [3.8, 4) is 5.69 Å². The highest BCUT2D eigenvalue weighted by Crippen LogP contribution is 2.27. The number of nitrogens with one attached hydrogen (secondary N) is 1. The first-order chi connectivity index (χ1) is 13.8. The Bertz CT molecular complexity index is 976. The summed E-state index contributed by atoms with van der Waals surface area (Å²) in [6.45, 7) is 2.06. The van der Waals surface area contributed by atoms with Gasteiger partial charge < -0.3 is 5.32 Å². The van der Waals surface area contributed by atoms with Crippen LogP contribution in [0.2, 0.25) is 5.02 Å². The number of thioether (sulfide) groups is 1. The molecule has 2 aromatic carbocycles. The number of anilines is 1. The minimum absolute atomic E-state index is 0.0455. The average molecular weight is 495 g/mol. The smallest absolute Gasteiger partial charge is 0.234 e. The van der Waals surface area contributed by atoms with Crippen molar-refractivity contribution in [1.82, 2.24) is 19.7 Å². The molecule has 0 aliphatic carbocycles. The number of nitrogens with zero attached hydrogens (tertiary/aromatic N) is 4. The van der Waals surface area contributed by atoms with Crippen LogP contribution >= 0.6 is 39.3 Å². The maximum absolute atomic E-state index is 12.4. The molecule has 1 unspecified atom stereocenters. The van der Waals surface area contributed by atoms with Crippen molar-refractivity contribution in [3.63, 3.8) is 0 Å². The molecule has 0 aliphatic heterocycles. The van der Waals surface area contributed by atoms with Crippen LogP contribution in [-0.2, 0) is 4.79 Å². The van der Waals surface area contributed by atoms with Crippen LogP contribution in [0.25, 0.3) is 5.69 Å². The van der Waals surface area contributed by atoms with Crippen LogP contribution in [-0.4, -0.2) is 45.4 Å². The molecule has 0 aliphatic rings. The SMILES string of the molecule is CC(c1nnc(SCC(=O)Nc2ccc(Br)cc2)n1-c1ccc(Cl)cc1)N(C)C. The minimum Gasteiger partial charge on any atom is -0.325 e. The molecule has 9 heteroatoms. The van der Waals surface area contributed by atoms with Gasteiger partial charge in [0.1, 0.15) is 0 Å².